The Morgan fingerprint density at radius 3 is 2.62 bits per heavy atom. The summed E-state index contributed by atoms with van der Waals surface area (Å²) in [5, 5.41) is 16.3. The molecule has 0 bridgehead atoms. The first-order chi connectivity index (χ1) is 19.0. The largest absolute Gasteiger partial charge is 0.495 e. The molecule has 2 aromatic heterocycles. The number of carboxylic acids is 1. The van der Waals surface area contributed by atoms with Crippen LogP contribution < -0.4 is 15.4 Å². The molecule has 2 atom stereocenters. The van der Waals surface area contributed by atoms with E-state index >= 15 is 0 Å². The number of hydrogen-bond donors (Lipinski definition) is 3. The number of carboxylic acid groups (broad SMARTS) is 1. The van der Waals surface area contributed by atoms with Crippen molar-refractivity contribution in [1.82, 2.24) is 15.2 Å². The van der Waals surface area contributed by atoms with Crippen LogP contribution >= 0.6 is 12.2 Å². The van der Waals surface area contributed by atoms with E-state index < -0.39 is 12.0 Å². The van der Waals surface area contributed by atoms with Crippen LogP contribution in [0.15, 0.2) is 89.5 Å². The van der Waals surface area contributed by atoms with Crippen molar-refractivity contribution >= 4 is 34.9 Å². The second kappa shape index (κ2) is 11.4. The maximum Gasteiger partial charge on any atom is 0.336 e. The lowest BCUT2D eigenvalue weighted by molar-refractivity contribution is -0.116. The van der Waals surface area contributed by atoms with Crippen molar-refractivity contribution in [3.05, 3.63) is 102 Å². The van der Waals surface area contributed by atoms with Crippen molar-refractivity contribution in [3.8, 4) is 17.1 Å². The lowest BCUT2D eigenvalue weighted by atomic mass is 10.0. The van der Waals surface area contributed by atoms with Crippen molar-refractivity contribution < 1.29 is 23.8 Å². The van der Waals surface area contributed by atoms with Gasteiger partial charge in [0.15, 0.2) is 5.11 Å². The maximum atomic E-state index is 12.9. The quantitative estimate of drug-likeness (QED) is 0.250. The van der Waals surface area contributed by atoms with E-state index in [1.165, 1.54) is 6.07 Å². The number of furan rings is 1. The fourth-order valence-corrected chi connectivity index (χ4v) is 5.01. The third-order valence-electron chi connectivity index (χ3n) is 6.50. The summed E-state index contributed by atoms with van der Waals surface area (Å²) in [5.74, 6) is 0.328. The minimum absolute atomic E-state index is 0.143. The smallest absolute Gasteiger partial charge is 0.336 e. The minimum atomic E-state index is -1.04. The highest BCUT2D eigenvalue weighted by Crippen LogP contribution is 2.41. The standard InChI is InChI=1S/C29H26N4O5S/c1-37-23-12-5-4-10-20(23)31-25(34)15-17-33-27(26(32-29(33)39)21-11-6-7-16-30-21)24-14-13-22(38-24)18-8-2-3-9-19(18)28(35)36/h2-14,16,26-27H,15,17H2,1H3,(H,31,34)(H,32,39)(H,35,36)/t26-,27-/m0/s1. The SMILES string of the molecule is COc1ccccc1NC(=O)CCN1C(=S)N[C@@H](c2ccccn2)[C@@H]1c1ccc(-c2ccccc2C(=O)O)o1. The van der Waals surface area contributed by atoms with E-state index in [0.29, 0.717) is 40.2 Å². The Kier molecular flexibility index (Phi) is 7.55. The van der Waals surface area contributed by atoms with Crippen molar-refractivity contribution in [3.63, 3.8) is 0 Å². The molecule has 0 spiro atoms. The van der Waals surface area contributed by atoms with E-state index in [1.807, 2.05) is 41.3 Å². The van der Waals surface area contributed by atoms with Gasteiger partial charge in [0.25, 0.3) is 0 Å². The number of benzene rings is 2. The van der Waals surface area contributed by atoms with Crippen LogP contribution in [0.25, 0.3) is 11.3 Å². The van der Waals surface area contributed by atoms with E-state index in [-0.39, 0.29) is 23.9 Å². The number of hydrogen-bond acceptors (Lipinski definition) is 6. The zero-order valence-corrected chi connectivity index (χ0v) is 21.9. The van der Waals surface area contributed by atoms with Crippen molar-refractivity contribution in [2.45, 2.75) is 18.5 Å². The first-order valence-corrected chi connectivity index (χ1v) is 12.7. The number of ether oxygens (including phenoxy) is 1. The number of amides is 1. The van der Waals surface area contributed by atoms with Crippen LogP contribution in [0.2, 0.25) is 0 Å². The predicted molar refractivity (Wildman–Crippen MR) is 150 cm³/mol. The van der Waals surface area contributed by atoms with Gasteiger partial charge in [-0.3, -0.25) is 9.78 Å². The van der Waals surface area contributed by atoms with Crippen LogP contribution in [0.5, 0.6) is 5.75 Å². The highest BCUT2D eigenvalue weighted by atomic mass is 32.1. The molecule has 3 N–H and O–H groups in total. The molecule has 9 nitrogen and oxygen atoms in total. The van der Waals surface area contributed by atoms with E-state index in [4.69, 9.17) is 21.4 Å². The third-order valence-corrected chi connectivity index (χ3v) is 6.85. The minimum Gasteiger partial charge on any atom is -0.495 e. The molecule has 3 heterocycles. The average Bonchev–Trinajstić information content (AvgIpc) is 3.57. The molecule has 1 aliphatic rings. The van der Waals surface area contributed by atoms with Gasteiger partial charge in [0.05, 0.1) is 30.1 Å². The van der Waals surface area contributed by atoms with E-state index in [0.717, 1.165) is 5.69 Å². The highest BCUT2D eigenvalue weighted by molar-refractivity contribution is 7.80. The number of carbonyl (C=O) groups excluding carboxylic acids is 1. The first-order valence-electron chi connectivity index (χ1n) is 12.3. The molecule has 5 rings (SSSR count). The third kappa shape index (κ3) is 5.46. The molecule has 39 heavy (non-hydrogen) atoms. The lowest BCUT2D eigenvalue weighted by Crippen LogP contribution is -2.32. The number of rotatable bonds is 9. The number of aromatic carboxylic acids is 1. The number of aromatic nitrogens is 1. The fourth-order valence-electron chi connectivity index (χ4n) is 4.68. The Bertz CT molecular complexity index is 1510. The van der Waals surface area contributed by atoms with Crippen molar-refractivity contribution in [2.24, 2.45) is 0 Å². The molecule has 1 aliphatic heterocycles. The highest BCUT2D eigenvalue weighted by Gasteiger charge is 2.41. The van der Waals surface area contributed by atoms with Gasteiger partial charge in [-0.1, -0.05) is 36.4 Å². The van der Waals surface area contributed by atoms with Gasteiger partial charge >= 0.3 is 5.97 Å². The number of thiocarbonyl (C=S) groups is 1. The summed E-state index contributed by atoms with van der Waals surface area (Å²) in [4.78, 5) is 31.1. The molecular formula is C29H26N4O5S. The number of carbonyl (C=O) groups is 2. The van der Waals surface area contributed by atoms with Gasteiger partial charge in [0.2, 0.25) is 5.91 Å². The summed E-state index contributed by atoms with van der Waals surface area (Å²) >= 11 is 5.69. The fraction of sp³-hybridized carbons (Fsp3) is 0.172. The van der Waals surface area contributed by atoms with Gasteiger partial charge in [-0.05, 0) is 54.7 Å². The molecule has 198 valence electrons. The van der Waals surface area contributed by atoms with E-state index in [9.17, 15) is 14.7 Å². The van der Waals surface area contributed by atoms with Crippen LogP contribution in [0, 0.1) is 0 Å². The molecular weight excluding hydrogens is 516 g/mol. The molecule has 1 saturated heterocycles. The van der Waals surface area contributed by atoms with Gasteiger partial charge in [-0.2, -0.15) is 0 Å². The zero-order valence-electron chi connectivity index (χ0n) is 21.0. The van der Waals surface area contributed by atoms with Crippen molar-refractivity contribution in [1.29, 1.82) is 0 Å². The second-order valence-electron chi connectivity index (χ2n) is 8.87. The van der Waals surface area contributed by atoms with Crippen LogP contribution in [0.4, 0.5) is 5.69 Å². The van der Waals surface area contributed by atoms with Gasteiger partial charge in [0.1, 0.15) is 23.3 Å². The summed E-state index contributed by atoms with van der Waals surface area (Å²) in [7, 11) is 1.55. The summed E-state index contributed by atoms with van der Waals surface area (Å²) in [6, 6.07) is 22.3. The normalized spacial score (nSPS) is 16.5. The summed E-state index contributed by atoms with van der Waals surface area (Å²) in [6.07, 6.45) is 1.86. The monoisotopic (exact) mass is 542 g/mol. The summed E-state index contributed by atoms with van der Waals surface area (Å²) < 4.78 is 11.6. The van der Waals surface area contributed by atoms with Crippen LogP contribution in [-0.4, -0.2) is 45.6 Å². The second-order valence-corrected chi connectivity index (χ2v) is 9.26. The average molecular weight is 543 g/mol. The number of pyridine rings is 1. The molecule has 1 fully saturated rings. The maximum absolute atomic E-state index is 12.9. The van der Waals surface area contributed by atoms with Crippen LogP contribution in [-0.2, 0) is 4.79 Å². The first kappa shape index (κ1) is 25.9. The molecule has 0 unspecified atom stereocenters. The van der Waals surface area contributed by atoms with Crippen LogP contribution in [0.3, 0.4) is 0 Å². The summed E-state index contributed by atoms with van der Waals surface area (Å²) in [6.45, 7) is 0.308. The van der Waals surface area contributed by atoms with E-state index in [2.05, 4.69) is 15.6 Å². The molecule has 10 heteroatoms. The van der Waals surface area contributed by atoms with Gasteiger partial charge in [0, 0.05) is 24.7 Å². The van der Waals surface area contributed by atoms with E-state index in [1.54, 1.807) is 49.7 Å². The predicted octanol–water partition coefficient (Wildman–Crippen LogP) is 5.05. The number of para-hydroxylation sites is 2. The molecule has 0 aliphatic carbocycles. The van der Waals surface area contributed by atoms with Gasteiger partial charge < -0.3 is 29.8 Å². The van der Waals surface area contributed by atoms with Gasteiger partial charge in [-0.15, -0.1) is 0 Å². The number of nitrogens with zero attached hydrogens (tertiary/aromatic N) is 2. The molecule has 1 amide bonds. The number of methoxy groups -OCH3 is 1. The summed E-state index contributed by atoms with van der Waals surface area (Å²) in [5.41, 5.74) is 1.96. The zero-order chi connectivity index (χ0) is 27.4. The number of nitrogens with one attached hydrogen (secondary N) is 2. The Morgan fingerprint density at radius 1 is 1.08 bits per heavy atom. The van der Waals surface area contributed by atoms with Crippen LogP contribution in [0.1, 0.15) is 40.3 Å². The van der Waals surface area contributed by atoms with Crippen molar-refractivity contribution in [2.75, 3.05) is 19.0 Å². The Morgan fingerprint density at radius 2 is 1.85 bits per heavy atom. The lowest BCUT2D eigenvalue weighted by Gasteiger charge is -2.26. The topological polar surface area (TPSA) is 117 Å². The molecule has 4 aromatic rings. The van der Waals surface area contributed by atoms with Gasteiger partial charge in [-0.25, -0.2) is 4.79 Å². The number of anilines is 1. The Labute approximate surface area is 230 Å². The molecule has 2 aromatic carbocycles. The molecule has 0 radical (unpaired) electrons. The molecule has 0 saturated carbocycles. The Balaban J connectivity index is 1.42. The Hall–Kier alpha value is -4.70.